The fourth-order valence-corrected chi connectivity index (χ4v) is 5.03. The molecule has 1 aromatic carbocycles. The predicted molar refractivity (Wildman–Crippen MR) is 136 cm³/mol. The van der Waals surface area contributed by atoms with Crippen LogP contribution in [0.25, 0.3) is 11.3 Å². The molecule has 2 saturated heterocycles. The molecule has 5 rings (SSSR count). The van der Waals surface area contributed by atoms with E-state index >= 15 is 0 Å². The van der Waals surface area contributed by atoms with Gasteiger partial charge in [-0.25, -0.2) is 15.0 Å². The van der Waals surface area contributed by atoms with Crippen molar-refractivity contribution in [2.24, 2.45) is 0 Å². The zero-order valence-electron chi connectivity index (χ0n) is 20.2. The second-order valence-electron chi connectivity index (χ2n) is 9.10. The number of aromatic nitrogens is 3. The Morgan fingerprint density at radius 2 is 1.94 bits per heavy atom. The molecule has 2 fully saturated rings. The van der Waals surface area contributed by atoms with E-state index in [-0.39, 0.29) is 11.8 Å². The second kappa shape index (κ2) is 9.32. The van der Waals surface area contributed by atoms with Crippen molar-refractivity contribution < 1.29 is 9.59 Å². The van der Waals surface area contributed by atoms with Crippen LogP contribution in [-0.2, 0) is 9.59 Å². The van der Waals surface area contributed by atoms with Crippen molar-refractivity contribution >= 4 is 35.0 Å². The quantitative estimate of drug-likeness (QED) is 0.564. The smallest absolute Gasteiger partial charge is 0.227 e. The third-order valence-corrected chi connectivity index (χ3v) is 6.64. The highest BCUT2D eigenvalue weighted by atomic mass is 16.2. The number of hydrogen-bond donors (Lipinski definition) is 2. The minimum Gasteiger partial charge on any atom is -0.364 e. The molecule has 9 nitrogen and oxygen atoms in total. The van der Waals surface area contributed by atoms with Crippen LogP contribution in [-0.4, -0.2) is 56.8 Å². The molecule has 0 saturated carbocycles. The Morgan fingerprint density at radius 1 is 1.09 bits per heavy atom. The van der Waals surface area contributed by atoms with E-state index in [2.05, 4.69) is 54.4 Å². The van der Waals surface area contributed by atoms with E-state index in [1.54, 1.807) is 18.5 Å². The third-order valence-electron chi connectivity index (χ3n) is 6.64. The lowest BCUT2D eigenvalue weighted by atomic mass is 10.1. The van der Waals surface area contributed by atoms with Gasteiger partial charge in [0, 0.05) is 61.8 Å². The van der Waals surface area contributed by atoms with Gasteiger partial charge in [0.05, 0.1) is 11.7 Å². The number of likely N-dealkylation sites (tertiary alicyclic amines) is 1. The van der Waals surface area contributed by atoms with E-state index in [9.17, 15) is 9.59 Å². The van der Waals surface area contributed by atoms with Gasteiger partial charge in [0.25, 0.3) is 0 Å². The number of aryl methyl sites for hydroxylation is 1. The maximum absolute atomic E-state index is 12.2. The van der Waals surface area contributed by atoms with Gasteiger partial charge in [-0.1, -0.05) is 6.92 Å². The maximum atomic E-state index is 12.2. The summed E-state index contributed by atoms with van der Waals surface area (Å²) < 4.78 is 0. The zero-order valence-corrected chi connectivity index (χ0v) is 20.2. The largest absolute Gasteiger partial charge is 0.364 e. The summed E-state index contributed by atoms with van der Waals surface area (Å²) in [6, 6.07) is 12.4. The van der Waals surface area contributed by atoms with E-state index in [0.29, 0.717) is 30.3 Å². The minimum atomic E-state index is -0.161. The van der Waals surface area contributed by atoms with Crippen molar-refractivity contribution in [3.8, 4) is 11.3 Å². The molecule has 4 heterocycles. The number of benzene rings is 1. The van der Waals surface area contributed by atoms with Gasteiger partial charge in [-0.15, -0.1) is 0 Å². The number of fused-ring (bicyclic) bond motifs is 2. The molecule has 0 unspecified atom stereocenters. The summed E-state index contributed by atoms with van der Waals surface area (Å²) >= 11 is 0. The van der Waals surface area contributed by atoms with Crippen molar-refractivity contribution in [3.63, 3.8) is 0 Å². The minimum absolute atomic E-state index is 0.161. The summed E-state index contributed by atoms with van der Waals surface area (Å²) in [5.41, 5.74) is 4.86. The van der Waals surface area contributed by atoms with E-state index in [1.807, 2.05) is 25.1 Å². The van der Waals surface area contributed by atoms with Gasteiger partial charge < -0.3 is 20.4 Å². The number of carbonyl (C=O) groups is 2. The monoisotopic (exact) mass is 471 g/mol. The van der Waals surface area contributed by atoms with E-state index in [1.165, 1.54) is 18.2 Å². The van der Waals surface area contributed by atoms with Crippen LogP contribution in [0.5, 0.6) is 0 Å². The summed E-state index contributed by atoms with van der Waals surface area (Å²) in [6.45, 7) is 7.20. The van der Waals surface area contributed by atoms with Crippen LogP contribution in [0.4, 0.5) is 23.1 Å². The van der Waals surface area contributed by atoms with Crippen molar-refractivity contribution in [2.45, 2.75) is 45.7 Å². The van der Waals surface area contributed by atoms with Crippen molar-refractivity contribution in [2.75, 3.05) is 28.6 Å². The lowest BCUT2D eigenvalue weighted by molar-refractivity contribution is -0.131. The Kier molecular flexibility index (Phi) is 6.07. The first-order valence-corrected chi connectivity index (χ1v) is 11.9. The molecular weight excluding hydrogens is 442 g/mol. The lowest BCUT2D eigenvalue weighted by Crippen LogP contribution is -2.48. The van der Waals surface area contributed by atoms with E-state index < -0.39 is 0 Å². The number of rotatable bonds is 6. The summed E-state index contributed by atoms with van der Waals surface area (Å²) in [5.74, 6) is 1.09. The molecule has 2 bridgehead atoms. The number of anilines is 4. The Bertz CT molecular complexity index is 1260. The molecule has 2 atom stereocenters. The molecule has 3 aromatic rings. The summed E-state index contributed by atoms with van der Waals surface area (Å²) in [4.78, 5) is 41.1. The number of pyridine rings is 1. The van der Waals surface area contributed by atoms with Crippen LogP contribution in [0.15, 0.2) is 48.8 Å². The average Bonchev–Trinajstić information content (AvgIpc) is 3.45. The molecule has 0 aliphatic carbocycles. The molecule has 0 radical (unpaired) electrons. The van der Waals surface area contributed by atoms with Gasteiger partial charge in [0.15, 0.2) is 0 Å². The van der Waals surface area contributed by atoms with Crippen LogP contribution in [0.1, 0.15) is 32.3 Å². The summed E-state index contributed by atoms with van der Waals surface area (Å²) in [5, 5.41) is 5.96. The van der Waals surface area contributed by atoms with Crippen LogP contribution < -0.4 is 15.5 Å². The van der Waals surface area contributed by atoms with Crippen LogP contribution in [0, 0.1) is 6.92 Å². The van der Waals surface area contributed by atoms with Gasteiger partial charge in [-0.2, -0.15) is 0 Å². The first kappa shape index (κ1) is 22.8. The molecule has 2 aromatic heterocycles. The number of amides is 2. The third kappa shape index (κ3) is 4.66. The number of hydrogen-bond acceptors (Lipinski definition) is 7. The lowest BCUT2D eigenvalue weighted by Gasteiger charge is -2.36. The zero-order chi connectivity index (χ0) is 24.5. The van der Waals surface area contributed by atoms with E-state index in [0.717, 1.165) is 36.5 Å². The Hall–Kier alpha value is -4.01. The highest BCUT2D eigenvalue weighted by Gasteiger charge is 2.45. The van der Waals surface area contributed by atoms with Gasteiger partial charge in [0.2, 0.25) is 17.8 Å². The number of piperazine rings is 1. The Balaban J connectivity index is 1.28. The maximum Gasteiger partial charge on any atom is 0.227 e. The molecule has 2 aliphatic heterocycles. The van der Waals surface area contributed by atoms with Gasteiger partial charge in [0.1, 0.15) is 5.82 Å². The van der Waals surface area contributed by atoms with E-state index in [4.69, 9.17) is 0 Å². The van der Waals surface area contributed by atoms with Crippen LogP contribution >= 0.6 is 0 Å². The molecule has 2 N–H and O–H groups in total. The number of nitrogens with zero attached hydrogens (tertiary/aromatic N) is 5. The highest BCUT2D eigenvalue weighted by molar-refractivity contribution is 5.87. The molecule has 0 spiro atoms. The van der Waals surface area contributed by atoms with Crippen molar-refractivity contribution in [3.05, 3.63) is 54.4 Å². The standard InChI is InChI=1S/C26H29N7O2/c1-4-25(35)33-15-20-12-21(33)14-32(20)23-7-6-19(11-16(23)2)30-26-27-10-9-22(31-26)18-5-8-24(28-13-18)29-17(3)34/h5-11,13,20-21H,4,12,14-15H2,1-3H3,(H,27,30,31)(H,28,29,34)/t20-,21-/m0/s1. The predicted octanol–water partition coefficient (Wildman–Crippen LogP) is 3.75. The van der Waals surface area contributed by atoms with Gasteiger partial charge in [-0.05, 0) is 55.3 Å². The van der Waals surface area contributed by atoms with Crippen molar-refractivity contribution in [1.82, 2.24) is 19.9 Å². The molecule has 35 heavy (non-hydrogen) atoms. The SMILES string of the molecule is CCC(=O)N1C[C@@H]2C[C@H]1CN2c1ccc(Nc2nccc(-c3ccc(NC(C)=O)nc3)n2)cc1C. The van der Waals surface area contributed by atoms with Crippen molar-refractivity contribution in [1.29, 1.82) is 0 Å². The van der Waals surface area contributed by atoms with Crippen LogP contribution in [0.2, 0.25) is 0 Å². The highest BCUT2D eigenvalue weighted by Crippen LogP contribution is 2.37. The molecule has 180 valence electrons. The average molecular weight is 472 g/mol. The summed E-state index contributed by atoms with van der Waals surface area (Å²) in [7, 11) is 0. The topological polar surface area (TPSA) is 103 Å². The van der Waals surface area contributed by atoms with Gasteiger partial charge >= 0.3 is 0 Å². The normalized spacial score (nSPS) is 18.6. The fourth-order valence-electron chi connectivity index (χ4n) is 5.03. The molecular formula is C26H29N7O2. The number of nitrogens with one attached hydrogen (secondary N) is 2. The Morgan fingerprint density at radius 3 is 2.60 bits per heavy atom. The summed E-state index contributed by atoms with van der Waals surface area (Å²) in [6.07, 6.45) is 5.00. The number of carbonyl (C=O) groups excluding carboxylic acids is 2. The molecule has 9 heteroatoms. The second-order valence-corrected chi connectivity index (χ2v) is 9.10. The Labute approximate surface area is 204 Å². The van der Waals surface area contributed by atoms with Gasteiger partial charge in [-0.3, -0.25) is 9.59 Å². The fraction of sp³-hybridized carbons (Fsp3) is 0.346. The molecule has 2 amide bonds. The first-order chi connectivity index (χ1) is 16.9. The molecule has 2 aliphatic rings. The van der Waals surface area contributed by atoms with Crippen LogP contribution in [0.3, 0.4) is 0 Å². The first-order valence-electron chi connectivity index (χ1n) is 11.9.